The van der Waals surface area contributed by atoms with E-state index in [1.165, 1.54) is 25.7 Å². The molecule has 0 aliphatic heterocycles. The molecule has 5 nitrogen and oxygen atoms in total. The van der Waals surface area contributed by atoms with E-state index in [2.05, 4.69) is 22.6 Å². The SMILES string of the molecule is CCCNCc1cn(CCOCCC2CCC2)nn1. The summed E-state index contributed by atoms with van der Waals surface area (Å²) in [5.41, 5.74) is 1.00. The average molecular weight is 266 g/mol. The molecular formula is C14H26N4O. The maximum atomic E-state index is 5.65. The summed E-state index contributed by atoms with van der Waals surface area (Å²) in [7, 11) is 0. The van der Waals surface area contributed by atoms with Crippen molar-refractivity contribution in [1.82, 2.24) is 20.3 Å². The summed E-state index contributed by atoms with van der Waals surface area (Å²) in [6.07, 6.45) is 8.59. The molecule has 5 heteroatoms. The minimum absolute atomic E-state index is 0.734. The Hall–Kier alpha value is -0.940. The van der Waals surface area contributed by atoms with Crippen molar-refractivity contribution in [3.63, 3.8) is 0 Å². The highest BCUT2D eigenvalue weighted by atomic mass is 16.5. The van der Waals surface area contributed by atoms with Crippen molar-refractivity contribution in [3.05, 3.63) is 11.9 Å². The fourth-order valence-corrected chi connectivity index (χ4v) is 2.21. The van der Waals surface area contributed by atoms with Crippen molar-refractivity contribution in [2.75, 3.05) is 19.8 Å². The molecule has 0 unspecified atom stereocenters. The summed E-state index contributed by atoms with van der Waals surface area (Å²) in [6.45, 7) is 6.41. The zero-order chi connectivity index (χ0) is 13.3. The molecule has 2 rings (SSSR count). The van der Waals surface area contributed by atoms with E-state index in [9.17, 15) is 0 Å². The molecule has 0 amide bonds. The monoisotopic (exact) mass is 266 g/mol. The Kier molecular flexibility index (Phi) is 6.30. The van der Waals surface area contributed by atoms with Crippen LogP contribution in [-0.2, 0) is 17.8 Å². The van der Waals surface area contributed by atoms with Crippen LogP contribution in [0.4, 0.5) is 0 Å². The first kappa shape index (κ1) is 14.5. The van der Waals surface area contributed by atoms with E-state index in [1.54, 1.807) is 0 Å². The Labute approximate surface area is 115 Å². The number of hydrogen-bond donors (Lipinski definition) is 1. The van der Waals surface area contributed by atoms with E-state index in [0.29, 0.717) is 0 Å². The van der Waals surface area contributed by atoms with Gasteiger partial charge in [0.05, 0.1) is 18.8 Å². The van der Waals surface area contributed by atoms with Gasteiger partial charge in [-0.25, -0.2) is 4.68 Å². The third-order valence-electron chi connectivity index (χ3n) is 3.68. The molecular weight excluding hydrogens is 240 g/mol. The van der Waals surface area contributed by atoms with Crippen LogP contribution in [0.2, 0.25) is 0 Å². The second kappa shape index (κ2) is 8.27. The molecule has 19 heavy (non-hydrogen) atoms. The Bertz CT molecular complexity index is 349. The molecule has 1 aliphatic rings. The highest BCUT2D eigenvalue weighted by Crippen LogP contribution is 2.28. The molecule has 1 fully saturated rings. The summed E-state index contributed by atoms with van der Waals surface area (Å²) in [5, 5.41) is 11.6. The minimum Gasteiger partial charge on any atom is -0.380 e. The first-order valence-electron chi connectivity index (χ1n) is 7.56. The van der Waals surface area contributed by atoms with Gasteiger partial charge in [-0.3, -0.25) is 0 Å². The van der Waals surface area contributed by atoms with E-state index in [-0.39, 0.29) is 0 Å². The van der Waals surface area contributed by atoms with Crippen LogP contribution >= 0.6 is 0 Å². The molecule has 1 aromatic heterocycles. The second-order valence-electron chi connectivity index (χ2n) is 5.35. The van der Waals surface area contributed by atoms with Gasteiger partial charge in [-0.15, -0.1) is 5.10 Å². The van der Waals surface area contributed by atoms with Crippen molar-refractivity contribution < 1.29 is 4.74 Å². The Morgan fingerprint density at radius 1 is 1.42 bits per heavy atom. The van der Waals surface area contributed by atoms with Crippen molar-refractivity contribution in [1.29, 1.82) is 0 Å². The maximum Gasteiger partial charge on any atom is 0.0964 e. The number of nitrogens with zero attached hydrogens (tertiary/aromatic N) is 3. The lowest BCUT2D eigenvalue weighted by molar-refractivity contribution is 0.0983. The summed E-state index contributed by atoms with van der Waals surface area (Å²) in [4.78, 5) is 0. The van der Waals surface area contributed by atoms with Crippen molar-refractivity contribution in [2.45, 2.75) is 52.1 Å². The van der Waals surface area contributed by atoms with E-state index in [1.807, 2.05) is 10.9 Å². The maximum absolute atomic E-state index is 5.65. The minimum atomic E-state index is 0.734. The quantitative estimate of drug-likeness (QED) is 0.658. The van der Waals surface area contributed by atoms with E-state index in [4.69, 9.17) is 4.74 Å². The Balaban J connectivity index is 1.52. The molecule has 0 saturated heterocycles. The molecule has 1 saturated carbocycles. The lowest BCUT2D eigenvalue weighted by Gasteiger charge is -2.24. The number of aromatic nitrogens is 3. The van der Waals surface area contributed by atoms with Crippen LogP contribution in [0.25, 0.3) is 0 Å². The van der Waals surface area contributed by atoms with Crippen molar-refractivity contribution in [3.8, 4) is 0 Å². The van der Waals surface area contributed by atoms with Crippen LogP contribution < -0.4 is 5.32 Å². The topological polar surface area (TPSA) is 52.0 Å². The van der Waals surface area contributed by atoms with Gasteiger partial charge in [0, 0.05) is 19.3 Å². The predicted octanol–water partition coefficient (Wildman–Crippen LogP) is 1.98. The van der Waals surface area contributed by atoms with Gasteiger partial charge in [-0.05, 0) is 25.3 Å². The molecule has 1 aliphatic carbocycles. The van der Waals surface area contributed by atoms with E-state index in [0.717, 1.165) is 50.9 Å². The van der Waals surface area contributed by atoms with Gasteiger partial charge >= 0.3 is 0 Å². The van der Waals surface area contributed by atoms with Crippen molar-refractivity contribution >= 4 is 0 Å². The van der Waals surface area contributed by atoms with Crippen LogP contribution in [0.3, 0.4) is 0 Å². The van der Waals surface area contributed by atoms with Crippen molar-refractivity contribution in [2.24, 2.45) is 5.92 Å². The van der Waals surface area contributed by atoms with Crippen LogP contribution in [0, 0.1) is 5.92 Å². The van der Waals surface area contributed by atoms with Gasteiger partial charge in [-0.2, -0.15) is 0 Å². The van der Waals surface area contributed by atoms with Gasteiger partial charge in [-0.1, -0.05) is 31.4 Å². The fourth-order valence-electron chi connectivity index (χ4n) is 2.21. The summed E-state index contributed by atoms with van der Waals surface area (Å²) in [6, 6.07) is 0. The van der Waals surface area contributed by atoms with Crippen LogP contribution in [0.15, 0.2) is 6.20 Å². The number of ether oxygens (including phenoxy) is 1. The Morgan fingerprint density at radius 3 is 3.05 bits per heavy atom. The zero-order valence-corrected chi connectivity index (χ0v) is 12.0. The lowest BCUT2D eigenvalue weighted by atomic mass is 9.83. The first-order valence-corrected chi connectivity index (χ1v) is 7.56. The predicted molar refractivity (Wildman–Crippen MR) is 74.8 cm³/mol. The van der Waals surface area contributed by atoms with Gasteiger partial charge in [0.25, 0.3) is 0 Å². The smallest absolute Gasteiger partial charge is 0.0964 e. The molecule has 1 N–H and O–H groups in total. The molecule has 1 heterocycles. The van der Waals surface area contributed by atoms with Crippen LogP contribution in [-0.4, -0.2) is 34.8 Å². The molecule has 0 atom stereocenters. The summed E-state index contributed by atoms with van der Waals surface area (Å²) < 4.78 is 7.51. The third-order valence-corrected chi connectivity index (χ3v) is 3.68. The van der Waals surface area contributed by atoms with Gasteiger partial charge in [0.2, 0.25) is 0 Å². The molecule has 0 radical (unpaired) electrons. The second-order valence-corrected chi connectivity index (χ2v) is 5.35. The summed E-state index contributed by atoms with van der Waals surface area (Å²) >= 11 is 0. The summed E-state index contributed by atoms with van der Waals surface area (Å²) in [5.74, 6) is 0.933. The molecule has 0 bridgehead atoms. The molecule has 0 spiro atoms. The standard InChI is InChI=1S/C14H26N4O/c1-2-7-15-11-14-12-18(17-16-14)8-10-19-9-6-13-4-3-5-13/h12-13,15H,2-11H2,1H3. The molecule has 108 valence electrons. The Morgan fingerprint density at radius 2 is 2.32 bits per heavy atom. The molecule has 1 aromatic rings. The lowest BCUT2D eigenvalue weighted by Crippen LogP contribution is -2.15. The normalized spacial score (nSPS) is 15.6. The highest BCUT2D eigenvalue weighted by Gasteiger charge is 2.16. The van der Waals surface area contributed by atoms with E-state index >= 15 is 0 Å². The number of rotatable bonds is 10. The van der Waals surface area contributed by atoms with Gasteiger partial charge in [0.1, 0.15) is 0 Å². The molecule has 0 aromatic carbocycles. The zero-order valence-electron chi connectivity index (χ0n) is 12.0. The fraction of sp³-hybridized carbons (Fsp3) is 0.857. The number of nitrogens with one attached hydrogen (secondary N) is 1. The van der Waals surface area contributed by atoms with Crippen LogP contribution in [0.5, 0.6) is 0 Å². The van der Waals surface area contributed by atoms with Crippen LogP contribution in [0.1, 0.15) is 44.7 Å². The highest BCUT2D eigenvalue weighted by molar-refractivity contribution is 4.91. The third kappa shape index (κ3) is 5.28. The van der Waals surface area contributed by atoms with Gasteiger partial charge in [0.15, 0.2) is 0 Å². The van der Waals surface area contributed by atoms with E-state index < -0.39 is 0 Å². The number of hydrogen-bond acceptors (Lipinski definition) is 4. The average Bonchev–Trinajstić information content (AvgIpc) is 2.80. The largest absolute Gasteiger partial charge is 0.380 e. The first-order chi connectivity index (χ1) is 9.38. The van der Waals surface area contributed by atoms with Gasteiger partial charge < -0.3 is 10.1 Å².